The van der Waals surface area contributed by atoms with Crippen LogP contribution in [0.5, 0.6) is 0 Å². The minimum absolute atomic E-state index is 0.119. The molecule has 2 fully saturated rings. The van der Waals surface area contributed by atoms with Crippen LogP contribution in [0.15, 0.2) is 0 Å². The molecular weight excluding hydrogens is 270 g/mol. The number of nitrogens with zero attached hydrogens (tertiary/aromatic N) is 2. The van der Waals surface area contributed by atoms with Crippen LogP contribution in [0.2, 0.25) is 0 Å². The molecule has 6 heteroatoms. The third-order valence-electron chi connectivity index (χ3n) is 4.65. The smallest absolute Gasteiger partial charge is 0.326 e. The van der Waals surface area contributed by atoms with Gasteiger partial charge >= 0.3 is 12.0 Å². The van der Waals surface area contributed by atoms with E-state index in [-0.39, 0.29) is 11.9 Å². The van der Waals surface area contributed by atoms with Gasteiger partial charge in [-0.25, -0.2) is 9.59 Å². The highest BCUT2D eigenvalue weighted by Crippen LogP contribution is 2.24. The predicted molar refractivity (Wildman–Crippen MR) is 80.2 cm³/mol. The first-order valence-corrected chi connectivity index (χ1v) is 8.01. The molecule has 120 valence electrons. The van der Waals surface area contributed by atoms with E-state index in [2.05, 4.69) is 10.2 Å². The molecule has 2 rings (SSSR count). The summed E-state index contributed by atoms with van der Waals surface area (Å²) in [7, 11) is 0. The van der Waals surface area contributed by atoms with E-state index in [1.165, 1.54) is 25.7 Å². The molecule has 2 amide bonds. The zero-order valence-corrected chi connectivity index (χ0v) is 13.0. The molecule has 1 atom stereocenters. The Bertz CT molecular complexity index is 372. The third-order valence-corrected chi connectivity index (χ3v) is 4.65. The zero-order chi connectivity index (χ0) is 15.4. The molecule has 1 heterocycles. The van der Waals surface area contributed by atoms with E-state index in [9.17, 15) is 9.59 Å². The summed E-state index contributed by atoms with van der Waals surface area (Å²) in [6.07, 6.45) is 5.20. The van der Waals surface area contributed by atoms with Crippen LogP contribution in [0.25, 0.3) is 0 Å². The normalized spacial score (nSPS) is 22.5. The fraction of sp³-hybridized carbons (Fsp3) is 0.867. The quantitative estimate of drug-likeness (QED) is 0.822. The van der Waals surface area contributed by atoms with E-state index in [0.29, 0.717) is 19.1 Å². The minimum atomic E-state index is -0.969. The molecule has 1 aliphatic heterocycles. The van der Waals surface area contributed by atoms with Crippen LogP contribution in [0.3, 0.4) is 0 Å². The van der Waals surface area contributed by atoms with Gasteiger partial charge in [-0.15, -0.1) is 0 Å². The lowest BCUT2D eigenvalue weighted by molar-refractivity contribution is -0.140. The minimum Gasteiger partial charge on any atom is -0.480 e. The molecule has 0 bridgehead atoms. The molecule has 0 aromatic heterocycles. The number of rotatable bonds is 4. The average Bonchev–Trinajstić information content (AvgIpc) is 2.98. The van der Waals surface area contributed by atoms with Crippen molar-refractivity contribution in [3.05, 3.63) is 0 Å². The standard InChI is InChI=1S/C15H27N3O3/c1-11(2)13(14(19)20)16-15(21)18-9-7-17(8-10-18)12-5-3-4-6-12/h11-13H,3-10H2,1-2H3,(H,16,21)(H,19,20)/t13-/m1/s1. The number of aliphatic carboxylic acids is 1. The highest BCUT2D eigenvalue weighted by Gasteiger charge is 2.30. The molecule has 21 heavy (non-hydrogen) atoms. The Morgan fingerprint density at radius 2 is 1.67 bits per heavy atom. The number of nitrogens with one attached hydrogen (secondary N) is 1. The number of carboxylic acids is 1. The predicted octanol–water partition coefficient (Wildman–Crippen LogP) is 1.37. The lowest BCUT2D eigenvalue weighted by Gasteiger charge is -2.38. The Labute approximate surface area is 126 Å². The second-order valence-corrected chi connectivity index (χ2v) is 6.47. The van der Waals surface area contributed by atoms with Crippen molar-refractivity contribution in [3.8, 4) is 0 Å². The van der Waals surface area contributed by atoms with Crippen molar-refractivity contribution >= 4 is 12.0 Å². The topological polar surface area (TPSA) is 72.9 Å². The Balaban J connectivity index is 1.80. The van der Waals surface area contributed by atoms with Gasteiger partial charge in [-0.1, -0.05) is 26.7 Å². The first kappa shape index (κ1) is 16.1. The average molecular weight is 297 g/mol. The summed E-state index contributed by atoms with van der Waals surface area (Å²) in [6, 6.07) is -0.370. The van der Waals surface area contributed by atoms with Gasteiger partial charge < -0.3 is 15.3 Å². The summed E-state index contributed by atoms with van der Waals surface area (Å²) in [4.78, 5) is 27.5. The molecule has 2 N–H and O–H groups in total. The fourth-order valence-corrected chi connectivity index (χ4v) is 3.30. The monoisotopic (exact) mass is 297 g/mol. The molecule has 1 saturated carbocycles. The Kier molecular flexibility index (Phi) is 5.45. The molecular formula is C15H27N3O3. The van der Waals surface area contributed by atoms with Crippen molar-refractivity contribution in [3.63, 3.8) is 0 Å². The number of carbonyl (C=O) groups is 2. The number of carbonyl (C=O) groups excluding carboxylic acids is 1. The van der Waals surface area contributed by atoms with Crippen molar-refractivity contribution in [1.82, 2.24) is 15.1 Å². The summed E-state index contributed by atoms with van der Waals surface area (Å²) in [5.41, 5.74) is 0. The Morgan fingerprint density at radius 3 is 2.14 bits per heavy atom. The second-order valence-electron chi connectivity index (χ2n) is 6.47. The number of amides is 2. The van der Waals surface area contributed by atoms with Crippen LogP contribution in [-0.4, -0.2) is 65.2 Å². The van der Waals surface area contributed by atoms with Gasteiger partial charge in [0.25, 0.3) is 0 Å². The van der Waals surface area contributed by atoms with E-state index >= 15 is 0 Å². The van der Waals surface area contributed by atoms with Gasteiger partial charge in [0.15, 0.2) is 0 Å². The van der Waals surface area contributed by atoms with Crippen molar-refractivity contribution < 1.29 is 14.7 Å². The van der Waals surface area contributed by atoms with Gasteiger partial charge in [-0.3, -0.25) is 4.90 Å². The van der Waals surface area contributed by atoms with Crippen LogP contribution >= 0.6 is 0 Å². The fourth-order valence-electron chi connectivity index (χ4n) is 3.30. The number of hydrogen-bond donors (Lipinski definition) is 2. The van der Waals surface area contributed by atoms with Gasteiger partial charge in [-0.05, 0) is 18.8 Å². The molecule has 0 aromatic carbocycles. The van der Waals surface area contributed by atoms with Crippen LogP contribution in [0, 0.1) is 5.92 Å². The largest absolute Gasteiger partial charge is 0.480 e. The van der Waals surface area contributed by atoms with Crippen molar-refractivity contribution in [1.29, 1.82) is 0 Å². The molecule has 1 saturated heterocycles. The van der Waals surface area contributed by atoms with Gasteiger partial charge in [0.1, 0.15) is 6.04 Å². The number of urea groups is 1. The second kappa shape index (κ2) is 7.11. The number of piperazine rings is 1. The summed E-state index contributed by atoms with van der Waals surface area (Å²) < 4.78 is 0. The maximum Gasteiger partial charge on any atom is 0.326 e. The summed E-state index contributed by atoms with van der Waals surface area (Å²) in [5.74, 6) is -1.09. The number of hydrogen-bond acceptors (Lipinski definition) is 3. The summed E-state index contributed by atoms with van der Waals surface area (Å²) in [5, 5.41) is 11.8. The molecule has 0 spiro atoms. The van der Waals surface area contributed by atoms with Crippen LogP contribution in [0.1, 0.15) is 39.5 Å². The molecule has 0 radical (unpaired) electrons. The number of carboxylic acid groups (broad SMARTS) is 1. The molecule has 2 aliphatic rings. The Hall–Kier alpha value is -1.30. The first-order valence-electron chi connectivity index (χ1n) is 8.01. The third kappa shape index (κ3) is 4.09. The maximum absolute atomic E-state index is 12.2. The van der Waals surface area contributed by atoms with Crippen molar-refractivity contribution in [2.45, 2.75) is 51.6 Å². The van der Waals surface area contributed by atoms with Crippen LogP contribution in [0.4, 0.5) is 4.79 Å². The lowest BCUT2D eigenvalue weighted by Crippen LogP contribution is -2.56. The van der Waals surface area contributed by atoms with E-state index in [0.717, 1.165) is 13.1 Å². The van der Waals surface area contributed by atoms with Crippen LogP contribution < -0.4 is 5.32 Å². The molecule has 0 aromatic rings. The lowest BCUT2D eigenvalue weighted by atomic mass is 10.1. The van der Waals surface area contributed by atoms with Gasteiger partial charge in [0.05, 0.1) is 0 Å². The van der Waals surface area contributed by atoms with E-state index in [4.69, 9.17) is 5.11 Å². The molecule has 6 nitrogen and oxygen atoms in total. The summed E-state index contributed by atoms with van der Waals surface area (Å²) in [6.45, 7) is 6.78. The molecule has 0 unspecified atom stereocenters. The molecule has 1 aliphatic carbocycles. The highest BCUT2D eigenvalue weighted by molar-refractivity contribution is 5.82. The Morgan fingerprint density at radius 1 is 1.10 bits per heavy atom. The van der Waals surface area contributed by atoms with E-state index in [1.54, 1.807) is 18.7 Å². The first-order chi connectivity index (χ1) is 9.99. The highest BCUT2D eigenvalue weighted by atomic mass is 16.4. The van der Waals surface area contributed by atoms with E-state index in [1.807, 2.05) is 0 Å². The van der Waals surface area contributed by atoms with Gasteiger partial charge in [0, 0.05) is 32.2 Å². The van der Waals surface area contributed by atoms with Crippen LogP contribution in [-0.2, 0) is 4.79 Å². The van der Waals surface area contributed by atoms with Crippen molar-refractivity contribution in [2.75, 3.05) is 26.2 Å². The summed E-state index contributed by atoms with van der Waals surface area (Å²) >= 11 is 0. The SMILES string of the molecule is CC(C)[C@@H](NC(=O)N1CCN(C2CCCC2)CC1)C(=O)O. The van der Waals surface area contributed by atoms with Gasteiger partial charge in [0.2, 0.25) is 0 Å². The van der Waals surface area contributed by atoms with E-state index < -0.39 is 12.0 Å². The van der Waals surface area contributed by atoms with Crippen molar-refractivity contribution in [2.24, 2.45) is 5.92 Å². The van der Waals surface area contributed by atoms with Gasteiger partial charge in [-0.2, -0.15) is 0 Å². The maximum atomic E-state index is 12.2. The zero-order valence-electron chi connectivity index (χ0n) is 13.0.